The minimum absolute atomic E-state index is 0.0424. The lowest BCUT2D eigenvalue weighted by molar-refractivity contribution is -0.137. The number of hydrogen-bond donors (Lipinski definition) is 1. The number of carboxylic acids is 1. The van der Waals surface area contributed by atoms with Crippen LogP contribution in [0.3, 0.4) is 0 Å². The fraction of sp³-hybridized carbons (Fsp3) is 0.150. The van der Waals surface area contributed by atoms with Gasteiger partial charge in [-0.1, -0.05) is 48.2 Å². The first-order valence-electron chi connectivity index (χ1n) is 8.35. The fourth-order valence-corrected chi connectivity index (χ4v) is 3.86. The SMILES string of the molecule is COc1cc(/C=C2/SC(=S)N(c3ccccc3)C2=O)ccc1OCCC(=O)O. The van der Waals surface area contributed by atoms with Gasteiger partial charge in [0.15, 0.2) is 15.8 Å². The number of para-hydroxylation sites is 1. The molecule has 0 aliphatic carbocycles. The van der Waals surface area contributed by atoms with Crippen molar-refractivity contribution in [3.05, 3.63) is 59.0 Å². The maximum absolute atomic E-state index is 12.8. The Labute approximate surface area is 171 Å². The number of rotatable bonds is 7. The number of methoxy groups -OCH3 is 1. The summed E-state index contributed by atoms with van der Waals surface area (Å²) in [5.74, 6) is -0.214. The Bertz CT molecular complexity index is 943. The van der Waals surface area contributed by atoms with Gasteiger partial charge in [0.2, 0.25) is 0 Å². The van der Waals surface area contributed by atoms with E-state index >= 15 is 0 Å². The van der Waals surface area contributed by atoms with E-state index in [-0.39, 0.29) is 18.9 Å². The zero-order valence-electron chi connectivity index (χ0n) is 15.0. The van der Waals surface area contributed by atoms with Crippen molar-refractivity contribution in [1.82, 2.24) is 0 Å². The molecule has 28 heavy (non-hydrogen) atoms. The number of carbonyl (C=O) groups excluding carboxylic acids is 1. The second-order valence-corrected chi connectivity index (χ2v) is 7.43. The van der Waals surface area contributed by atoms with Gasteiger partial charge in [-0.25, -0.2) is 0 Å². The summed E-state index contributed by atoms with van der Waals surface area (Å²) in [5.41, 5.74) is 1.48. The third-order valence-corrected chi connectivity index (χ3v) is 5.17. The molecule has 0 bridgehead atoms. The highest BCUT2D eigenvalue weighted by molar-refractivity contribution is 8.27. The van der Waals surface area contributed by atoms with Gasteiger partial charge in [0.25, 0.3) is 5.91 Å². The highest BCUT2D eigenvalue weighted by atomic mass is 32.2. The largest absolute Gasteiger partial charge is 0.493 e. The van der Waals surface area contributed by atoms with E-state index in [1.54, 1.807) is 24.3 Å². The van der Waals surface area contributed by atoms with E-state index in [1.807, 2.05) is 30.3 Å². The number of anilines is 1. The Morgan fingerprint density at radius 3 is 2.64 bits per heavy atom. The molecule has 0 aromatic heterocycles. The molecular weight excluding hydrogens is 398 g/mol. The predicted octanol–water partition coefficient (Wildman–Crippen LogP) is 3.95. The number of benzene rings is 2. The quantitative estimate of drug-likeness (QED) is 0.542. The maximum Gasteiger partial charge on any atom is 0.306 e. The number of amides is 1. The summed E-state index contributed by atoms with van der Waals surface area (Å²) in [5, 5.41) is 8.70. The second-order valence-electron chi connectivity index (χ2n) is 5.76. The number of carbonyl (C=O) groups is 2. The van der Waals surface area contributed by atoms with E-state index in [9.17, 15) is 9.59 Å². The van der Waals surface area contributed by atoms with Gasteiger partial charge in [0.05, 0.1) is 30.7 Å². The number of thioether (sulfide) groups is 1. The zero-order valence-corrected chi connectivity index (χ0v) is 16.6. The van der Waals surface area contributed by atoms with Crippen LogP contribution in [0.15, 0.2) is 53.4 Å². The molecule has 0 unspecified atom stereocenters. The third-order valence-electron chi connectivity index (χ3n) is 3.87. The molecule has 1 aliphatic heterocycles. The number of hydrogen-bond acceptors (Lipinski definition) is 6. The molecule has 0 atom stereocenters. The number of nitrogens with zero attached hydrogens (tertiary/aromatic N) is 1. The molecule has 0 saturated carbocycles. The summed E-state index contributed by atoms with van der Waals surface area (Å²) >= 11 is 6.60. The summed E-state index contributed by atoms with van der Waals surface area (Å²) in [7, 11) is 1.50. The van der Waals surface area contributed by atoms with Crippen LogP contribution in [0.1, 0.15) is 12.0 Å². The van der Waals surface area contributed by atoms with Crippen LogP contribution in [0.25, 0.3) is 6.08 Å². The Balaban J connectivity index is 1.80. The minimum Gasteiger partial charge on any atom is -0.493 e. The number of ether oxygens (including phenoxy) is 2. The Kier molecular flexibility index (Phi) is 6.33. The van der Waals surface area contributed by atoms with Crippen molar-refractivity contribution in [3.63, 3.8) is 0 Å². The normalized spacial score (nSPS) is 15.2. The van der Waals surface area contributed by atoms with Crippen molar-refractivity contribution in [1.29, 1.82) is 0 Å². The van der Waals surface area contributed by atoms with Gasteiger partial charge in [-0.2, -0.15) is 0 Å². The smallest absolute Gasteiger partial charge is 0.306 e. The maximum atomic E-state index is 12.8. The molecule has 144 valence electrons. The fourth-order valence-electron chi connectivity index (χ4n) is 2.56. The van der Waals surface area contributed by atoms with Crippen LogP contribution >= 0.6 is 24.0 Å². The highest BCUT2D eigenvalue weighted by Gasteiger charge is 2.33. The molecular formula is C20H17NO5S2. The molecule has 3 rings (SSSR count). The van der Waals surface area contributed by atoms with Gasteiger partial charge in [0, 0.05) is 0 Å². The van der Waals surface area contributed by atoms with Crippen LogP contribution in [0, 0.1) is 0 Å². The molecule has 0 spiro atoms. The van der Waals surface area contributed by atoms with E-state index < -0.39 is 5.97 Å². The van der Waals surface area contributed by atoms with Gasteiger partial charge in [-0.3, -0.25) is 14.5 Å². The van der Waals surface area contributed by atoms with Crippen molar-refractivity contribution in [2.75, 3.05) is 18.6 Å². The monoisotopic (exact) mass is 415 g/mol. The molecule has 1 fully saturated rings. The molecule has 6 nitrogen and oxygen atoms in total. The minimum atomic E-state index is -0.934. The van der Waals surface area contributed by atoms with Crippen molar-refractivity contribution in [3.8, 4) is 11.5 Å². The van der Waals surface area contributed by atoms with E-state index in [0.717, 1.165) is 11.3 Å². The molecule has 2 aromatic carbocycles. The molecule has 1 N–H and O–H groups in total. The Morgan fingerprint density at radius 2 is 1.96 bits per heavy atom. The predicted molar refractivity (Wildman–Crippen MR) is 113 cm³/mol. The third kappa shape index (κ3) is 4.52. The van der Waals surface area contributed by atoms with Crippen LogP contribution < -0.4 is 14.4 Å². The standard InChI is InChI=1S/C20H17NO5S2/c1-25-16-11-13(7-8-15(16)26-10-9-18(22)23)12-17-19(24)21(20(27)28-17)14-5-3-2-4-6-14/h2-8,11-12H,9-10H2,1H3,(H,22,23)/b17-12+. The number of carboxylic acid groups (broad SMARTS) is 1. The van der Waals surface area contributed by atoms with Crippen LogP contribution in [0.4, 0.5) is 5.69 Å². The topological polar surface area (TPSA) is 76.1 Å². The average Bonchev–Trinajstić information content (AvgIpc) is 2.96. The van der Waals surface area contributed by atoms with Gasteiger partial charge in [-0.05, 0) is 35.9 Å². The van der Waals surface area contributed by atoms with Gasteiger partial charge in [-0.15, -0.1) is 0 Å². The summed E-state index contributed by atoms with van der Waals surface area (Å²) in [6.07, 6.45) is 1.64. The first-order valence-corrected chi connectivity index (χ1v) is 9.57. The van der Waals surface area contributed by atoms with Crippen molar-refractivity contribution >= 4 is 51.9 Å². The van der Waals surface area contributed by atoms with Crippen LogP contribution in [-0.2, 0) is 9.59 Å². The van der Waals surface area contributed by atoms with Gasteiger partial charge < -0.3 is 14.6 Å². The van der Waals surface area contributed by atoms with E-state index in [4.69, 9.17) is 26.8 Å². The average molecular weight is 415 g/mol. The van der Waals surface area contributed by atoms with Gasteiger partial charge >= 0.3 is 5.97 Å². The Hall–Kier alpha value is -2.84. The van der Waals surface area contributed by atoms with Crippen LogP contribution in [0.5, 0.6) is 11.5 Å². The van der Waals surface area contributed by atoms with E-state index in [2.05, 4.69) is 0 Å². The first kappa shape index (κ1) is 19.9. The van der Waals surface area contributed by atoms with E-state index in [0.29, 0.717) is 20.7 Å². The lowest BCUT2D eigenvalue weighted by atomic mass is 10.2. The lowest BCUT2D eigenvalue weighted by Gasteiger charge is -2.13. The molecule has 1 saturated heterocycles. The first-order chi connectivity index (χ1) is 13.5. The van der Waals surface area contributed by atoms with E-state index in [1.165, 1.54) is 23.8 Å². The highest BCUT2D eigenvalue weighted by Crippen LogP contribution is 2.37. The van der Waals surface area contributed by atoms with Crippen molar-refractivity contribution < 1.29 is 24.2 Å². The van der Waals surface area contributed by atoms with Crippen molar-refractivity contribution in [2.24, 2.45) is 0 Å². The van der Waals surface area contributed by atoms with Crippen molar-refractivity contribution in [2.45, 2.75) is 6.42 Å². The van der Waals surface area contributed by atoms with Crippen LogP contribution in [0.2, 0.25) is 0 Å². The summed E-state index contributed by atoms with van der Waals surface area (Å²) in [4.78, 5) is 25.4. The molecule has 2 aromatic rings. The second kappa shape index (κ2) is 8.90. The molecule has 0 radical (unpaired) electrons. The number of thiocarbonyl (C=S) groups is 1. The lowest BCUT2D eigenvalue weighted by Crippen LogP contribution is -2.27. The molecule has 1 heterocycles. The van der Waals surface area contributed by atoms with Gasteiger partial charge in [0.1, 0.15) is 0 Å². The molecule has 8 heteroatoms. The molecule has 1 aliphatic rings. The molecule has 1 amide bonds. The summed E-state index contributed by atoms with van der Waals surface area (Å²) in [6.45, 7) is 0.0424. The van der Waals surface area contributed by atoms with Crippen LogP contribution in [-0.4, -0.2) is 35.0 Å². The summed E-state index contributed by atoms with van der Waals surface area (Å²) in [6, 6.07) is 14.4. The summed E-state index contributed by atoms with van der Waals surface area (Å²) < 4.78 is 11.2. The number of aliphatic carboxylic acids is 1. The zero-order chi connectivity index (χ0) is 20.1. The Morgan fingerprint density at radius 1 is 1.21 bits per heavy atom.